The van der Waals surface area contributed by atoms with Crippen LogP contribution in [0.25, 0.3) is 0 Å². The minimum atomic E-state index is -1.24. The van der Waals surface area contributed by atoms with Gasteiger partial charge in [0, 0.05) is 5.56 Å². The number of hydrogen-bond donors (Lipinski definition) is 0. The van der Waals surface area contributed by atoms with E-state index in [0.717, 1.165) is 5.56 Å². The third-order valence-corrected chi connectivity index (χ3v) is 2.64. The summed E-state index contributed by atoms with van der Waals surface area (Å²) in [5.41, 5.74) is 1.05. The van der Waals surface area contributed by atoms with E-state index in [-0.39, 0.29) is 35.1 Å². The summed E-state index contributed by atoms with van der Waals surface area (Å²) in [4.78, 5) is 10.8. The van der Waals surface area contributed by atoms with E-state index in [1.54, 1.807) is 6.07 Å². The third kappa shape index (κ3) is 4.27. The molecule has 2 rings (SSSR count). The summed E-state index contributed by atoms with van der Waals surface area (Å²) in [5, 5.41) is 10.8. The fourth-order valence-electron chi connectivity index (χ4n) is 1.65. The predicted octanol–water partition coefficient (Wildman–Crippen LogP) is -1.36. The van der Waals surface area contributed by atoms with E-state index in [1.165, 1.54) is 19.2 Å². The number of carbonyl (C=O) groups excluding carboxylic acids is 1. The molecule has 5 heteroatoms. The van der Waals surface area contributed by atoms with E-state index >= 15 is 0 Å². The molecule has 0 atom stereocenters. The average Bonchev–Trinajstić information content (AvgIpc) is 2.45. The summed E-state index contributed by atoms with van der Waals surface area (Å²) in [5.74, 6) is -0.374. The summed E-state index contributed by atoms with van der Waals surface area (Å²) in [6.45, 7) is 0.341. The van der Waals surface area contributed by atoms with Gasteiger partial charge in [0.15, 0.2) is 11.5 Å². The molecule has 0 fully saturated rings. The van der Waals surface area contributed by atoms with Crippen molar-refractivity contribution in [3.05, 3.63) is 59.7 Å². The first-order valence-corrected chi connectivity index (χ1v) is 5.77. The minimum Gasteiger partial charge on any atom is -0.545 e. The normalized spacial score (nSPS) is 9.45. The molecule has 0 N–H and O–H groups in total. The van der Waals surface area contributed by atoms with E-state index in [9.17, 15) is 9.90 Å². The van der Waals surface area contributed by atoms with Crippen LogP contribution in [-0.4, -0.2) is 13.1 Å². The molecule has 0 heterocycles. The van der Waals surface area contributed by atoms with Crippen molar-refractivity contribution < 1.29 is 48.9 Å². The molecule has 0 aliphatic rings. The zero-order valence-corrected chi connectivity index (χ0v) is 13.5. The zero-order valence-electron chi connectivity index (χ0n) is 11.5. The van der Waals surface area contributed by atoms with Crippen molar-refractivity contribution in [3.63, 3.8) is 0 Å². The number of aromatic carboxylic acids is 1. The predicted molar refractivity (Wildman–Crippen MR) is 68.1 cm³/mol. The van der Waals surface area contributed by atoms with Crippen molar-refractivity contribution in [2.45, 2.75) is 6.61 Å². The van der Waals surface area contributed by atoms with Gasteiger partial charge in [-0.1, -0.05) is 30.3 Å². The molecule has 0 aromatic heterocycles. The molecule has 4 nitrogen and oxygen atoms in total. The molecule has 0 spiro atoms. The molecule has 2 aromatic carbocycles. The first-order chi connectivity index (χ1) is 9.20. The summed E-state index contributed by atoms with van der Waals surface area (Å²) in [6.07, 6.45) is 0. The Morgan fingerprint density at radius 1 is 1.10 bits per heavy atom. The fraction of sp³-hybridized carbons (Fsp3) is 0.133. The van der Waals surface area contributed by atoms with Crippen LogP contribution in [0.3, 0.4) is 0 Å². The van der Waals surface area contributed by atoms with Crippen molar-refractivity contribution in [2.75, 3.05) is 7.11 Å². The fourth-order valence-corrected chi connectivity index (χ4v) is 1.65. The van der Waals surface area contributed by atoms with Gasteiger partial charge in [-0.15, -0.1) is 0 Å². The first-order valence-electron chi connectivity index (χ1n) is 5.77. The Hall–Kier alpha value is -1.49. The molecule has 0 saturated heterocycles. The monoisotopic (exact) mass is 280 g/mol. The van der Waals surface area contributed by atoms with Crippen molar-refractivity contribution in [1.82, 2.24) is 0 Å². The second-order valence-electron chi connectivity index (χ2n) is 3.93. The molecule has 0 bridgehead atoms. The molecule has 0 aliphatic heterocycles. The van der Waals surface area contributed by atoms with Gasteiger partial charge in [0.1, 0.15) is 6.61 Å². The molecule has 20 heavy (non-hydrogen) atoms. The molecule has 0 unspecified atom stereocenters. The van der Waals surface area contributed by atoms with Gasteiger partial charge < -0.3 is 19.4 Å². The molecular weight excluding hydrogens is 267 g/mol. The number of carbonyl (C=O) groups is 1. The second-order valence-corrected chi connectivity index (χ2v) is 3.93. The molecule has 0 radical (unpaired) electrons. The molecule has 98 valence electrons. The molecule has 0 aliphatic carbocycles. The van der Waals surface area contributed by atoms with Crippen LogP contribution in [-0.2, 0) is 6.61 Å². The zero-order chi connectivity index (χ0) is 13.7. The first kappa shape index (κ1) is 16.6. The summed E-state index contributed by atoms with van der Waals surface area (Å²) in [7, 11) is 1.50. The van der Waals surface area contributed by atoms with Gasteiger partial charge in [0.05, 0.1) is 13.1 Å². The van der Waals surface area contributed by atoms with Crippen molar-refractivity contribution in [1.29, 1.82) is 0 Å². The number of hydrogen-bond acceptors (Lipinski definition) is 4. The van der Waals surface area contributed by atoms with Gasteiger partial charge >= 0.3 is 29.6 Å². The average molecular weight is 280 g/mol. The summed E-state index contributed by atoms with van der Waals surface area (Å²) in [6, 6.07) is 14.0. The number of benzene rings is 2. The van der Waals surface area contributed by atoms with Crippen LogP contribution in [0.15, 0.2) is 48.5 Å². The van der Waals surface area contributed by atoms with Crippen LogP contribution in [0, 0.1) is 0 Å². The van der Waals surface area contributed by atoms with E-state index in [2.05, 4.69) is 0 Å². The Kier molecular flexibility index (Phi) is 6.58. The topological polar surface area (TPSA) is 58.6 Å². The number of rotatable bonds is 5. The molecule has 0 amide bonds. The van der Waals surface area contributed by atoms with Crippen LogP contribution in [0.2, 0.25) is 0 Å². The summed E-state index contributed by atoms with van der Waals surface area (Å²) >= 11 is 0. The van der Waals surface area contributed by atoms with Crippen LogP contribution in [0.4, 0.5) is 0 Å². The van der Waals surface area contributed by atoms with Crippen molar-refractivity contribution in [2.24, 2.45) is 0 Å². The maximum absolute atomic E-state index is 10.8. The third-order valence-electron chi connectivity index (χ3n) is 2.64. The number of carboxylic acid groups (broad SMARTS) is 1. The Labute approximate surface area is 139 Å². The smallest absolute Gasteiger partial charge is 0.545 e. The molecular formula is C15H13NaO4. The van der Waals surface area contributed by atoms with Crippen LogP contribution in [0.5, 0.6) is 11.5 Å². The number of carboxylic acids is 1. The van der Waals surface area contributed by atoms with Gasteiger partial charge in [0.2, 0.25) is 0 Å². The molecule has 0 saturated carbocycles. The molecule has 2 aromatic rings. The van der Waals surface area contributed by atoms with Gasteiger partial charge in [-0.05, 0) is 23.8 Å². The maximum atomic E-state index is 10.8. The van der Waals surface area contributed by atoms with Crippen LogP contribution < -0.4 is 44.1 Å². The largest absolute Gasteiger partial charge is 1.00 e. The maximum Gasteiger partial charge on any atom is 1.00 e. The van der Waals surface area contributed by atoms with E-state index < -0.39 is 5.97 Å². The SMILES string of the molecule is COc1ccc(C(=O)[O-])cc1OCc1ccccc1.[Na+]. The van der Waals surface area contributed by atoms with Gasteiger partial charge in [-0.3, -0.25) is 0 Å². The Bertz CT molecular complexity index is 569. The quantitative estimate of drug-likeness (QED) is 0.635. The Balaban J connectivity index is 0.00000200. The van der Waals surface area contributed by atoms with E-state index in [4.69, 9.17) is 9.47 Å². The Morgan fingerprint density at radius 2 is 1.80 bits per heavy atom. The van der Waals surface area contributed by atoms with Crippen LogP contribution in [0.1, 0.15) is 15.9 Å². The van der Waals surface area contributed by atoms with Crippen LogP contribution >= 0.6 is 0 Å². The second kappa shape index (κ2) is 7.94. The minimum absolute atomic E-state index is 0. The number of methoxy groups -OCH3 is 1. The number of ether oxygens (including phenoxy) is 2. The standard InChI is InChI=1S/C15H14O4.Na/c1-18-13-8-7-12(15(16)17)9-14(13)19-10-11-5-3-2-4-6-11;/h2-9H,10H2,1H3,(H,16,17);/q;+1/p-1. The summed E-state index contributed by atoms with van der Waals surface area (Å²) < 4.78 is 10.7. The van der Waals surface area contributed by atoms with E-state index in [1.807, 2.05) is 30.3 Å². The van der Waals surface area contributed by atoms with E-state index in [0.29, 0.717) is 18.1 Å². The van der Waals surface area contributed by atoms with Gasteiger partial charge in [0.25, 0.3) is 0 Å². The van der Waals surface area contributed by atoms with Crippen molar-refractivity contribution in [3.8, 4) is 11.5 Å². The van der Waals surface area contributed by atoms with Gasteiger partial charge in [-0.2, -0.15) is 0 Å². The van der Waals surface area contributed by atoms with Gasteiger partial charge in [-0.25, -0.2) is 0 Å². The van der Waals surface area contributed by atoms with Crippen molar-refractivity contribution >= 4 is 5.97 Å². The Morgan fingerprint density at radius 3 is 2.40 bits per heavy atom.